The van der Waals surface area contributed by atoms with Gasteiger partial charge in [0, 0.05) is 6.42 Å². The molecule has 0 aliphatic heterocycles. The number of ether oxygens (including phenoxy) is 1. The Kier molecular flexibility index (Phi) is 15.5. The SMILES string of the molecule is CCCCCOC(=O)CCCCCCCCCCC(C)C. The van der Waals surface area contributed by atoms with Gasteiger partial charge >= 0.3 is 5.97 Å². The molecule has 0 radical (unpaired) electrons. The van der Waals surface area contributed by atoms with Gasteiger partial charge in [-0.15, -0.1) is 0 Å². The number of hydrogen-bond donors (Lipinski definition) is 0. The summed E-state index contributed by atoms with van der Waals surface area (Å²) >= 11 is 0. The molecular weight excluding hydrogens is 260 g/mol. The molecule has 0 spiro atoms. The summed E-state index contributed by atoms with van der Waals surface area (Å²) < 4.78 is 5.20. The summed E-state index contributed by atoms with van der Waals surface area (Å²) in [7, 11) is 0. The maximum absolute atomic E-state index is 11.4. The summed E-state index contributed by atoms with van der Waals surface area (Å²) in [6, 6.07) is 0. The molecule has 0 aliphatic rings. The predicted molar refractivity (Wildman–Crippen MR) is 91.5 cm³/mol. The Balaban J connectivity index is 3.12. The second kappa shape index (κ2) is 15.9. The van der Waals surface area contributed by atoms with Gasteiger partial charge in [0.1, 0.15) is 0 Å². The average molecular weight is 299 g/mol. The smallest absolute Gasteiger partial charge is 0.305 e. The van der Waals surface area contributed by atoms with Crippen LogP contribution >= 0.6 is 0 Å². The van der Waals surface area contributed by atoms with E-state index in [4.69, 9.17) is 4.74 Å². The Morgan fingerprint density at radius 2 is 1.38 bits per heavy atom. The van der Waals surface area contributed by atoms with Gasteiger partial charge in [0.25, 0.3) is 0 Å². The van der Waals surface area contributed by atoms with E-state index in [2.05, 4.69) is 20.8 Å². The van der Waals surface area contributed by atoms with Gasteiger partial charge in [-0.25, -0.2) is 0 Å². The van der Waals surface area contributed by atoms with Gasteiger partial charge in [-0.1, -0.05) is 85.0 Å². The van der Waals surface area contributed by atoms with Crippen molar-refractivity contribution in [3.05, 3.63) is 0 Å². The van der Waals surface area contributed by atoms with Crippen LogP contribution in [0.5, 0.6) is 0 Å². The minimum absolute atomic E-state index is 0.000196. The largest absolute Gasteiger partial charge is 0.466 e. The number of unbranched alkanes of at least 4 members (excludes halogenated alkanes) is 9. The maximum Gasteiger partial charge on any atom is 0.305 e. The molecule has 0 atom stereocenters. The second-order valence-corrected chi connectivity index (χ2v) is 6.69. The molecule has 0 unspecified atom stereocenters. The Morgan fingerprint density at radius 3 is 1.95 bits per heavy atom. The molecule has 21 heavy (non-hydrogen) atoms. The highest BCUT2D eigenvalue weighted by molar-refractivity contribution is 5.69. The first-order chi connectivity index (χ1) is 10.2. The van der Waals surface area contributed by atoms with E-state index in [1.165, 1.54) is 57.8 Å². The van der Waals surface area contributed by atoms with Gasteiger partial charge in [0.15, 0.2) is 0 Å². The first kappa shape index (κ1) is 20.5. The molecule has 0 saturated carbocycles. The molecule has 0 N–H and O–H groups in total. The van der Waals surface area contributed by atoms with Crippen LogP contribution in [0.2, 0.25) is 0 Å². The summed E-state index contributed by atoms with van der Waals surface area (Å²) in [5.74, 6) is 0.853. The van der Waals surface area contributed by atoms with Crippen LogP contribution in [0.3, 0.4) is 0 Å². The van der Waals surface area contributed by atoms with Gasteiger partial charge < -0.3 is 4.74 Å². The van der Waals surface area contributed by atoms with Crippen LogP contribution in [0.25, 0.3) is 0 Å². The van der Waals surface area contributed by atoms with Crippen molar-refractivity contribution in [1.82, 2.24) is 0 Å². The third kappa shape index (κ3) is 17.4. The van der Waals surface area contributed by atoms with Gasteiger partial charge in [0.05, 0.1) is 6.61 Å². The molecular formula is C19H38O2. The number of esters is 1. The van der Waals surface area contributed by atoms with Crippen LogP contribution in [-0.2, 0) is 9.53 Å². The van der Waals surface area contributed by atoms with Crippen molar-refractivity contribution < 1.29 is 9.53 Å². The molecule has 0 aromatic heterocycles. The van der Waals surface area contributed by atoms with Crippen molar-refractivity contribution in [2.45, 2.75) is 104 Å². The summed E-state index contributed by atoms with van der Waals surface area (Å²) in [4.78, 5) is 11.4. The van der Waals surface area contributed by atoms with Crippen LogP contribution in [0, 0.1) is 5.92 Å². The van der Waals surface area contributed by atoms with E-state index in [9.17, 15) is 4.79 Å². The zero-order valence-corrected chi connectivity index (χ0v) is 14.8. The lowest BCUT2D eigenvalue weighted by atomic mass is 10.0. The Bertz CT molecular complexity index is 224. The first-order valence-corrected chi connectivity index (χ1v) is 9.32. The lowest BCUT2D eigenvalue weighted by Gasteiger charge is -2.05. The van der Waals surface area contributed by atoms with Crippen molar-refractivity contribution >= 4 is 5.97 Å². The summed E-state index contributed by atoms with van der Waals surface area (Å²) in [5, 5.41) is 0. The van der Waals surface area contributed by atoms with Crippen molar-refractivity contribution in [3.63, 3.8) is 0 Å². The van der Waals surface area contributed by atoms with Gasteiger partial charge in [-0.2, -0.15) is 0 Å². The lowest BCUT2D eigenvalue weighted by molar-refractivity contribution is -0.143. The second-order valence-electron chi connectivity index (χ2n) is 6.69. The Morgan fingerprint density at radius 1 is 0.810 bits per heavy atom. The summed E-state index contributed by atoms with van der Waals surface area (Å²) in [6.07, 6.45) is 15.6. The zero-order chi connectivity index (χ0) is 15.8. The van der Waals surface area contributed by atoms with E-state index >= 15 is 0 Å². The molecule has 0 rings (SSSR count). The minimum Gasteiger partial charge on any atom is -0.466 e. The summed E-state index contributed by atoms with van der Waals surface area (Å²) in [5.41, 5.74) is 0. The molecule has 2 heteroatoms. The highest BCUT2D eigenvalue weighted by Gasteiger charge is 2.02. The van der Waals surface area contributed by atoms with Crippen LogP contribution < -0.4 is 0 Å². The van der Waals surface area contributed by atoms with E-state index in [1.54, 1.807) is 0 Å². The molecule has 0 aromatic carbocycles. The fourth-order valence-corrected chi connectivity index (χ4v) is 2.49. The first-order valence-electron chi connectivity index (χ1n) is 9.32. The van der Waals surface area contributed by atoms with Gasteiger partial charge in [-0.3, -0.25) is 4.79 Å². The third-order valence-electron chi connectivity index (χ3n) is 3.92. The molecule has 0 amide bonds. The fourth-order valence-electron chi connectivity index (χ4n) is 2.49. The van der Waals surface area contributed by atoms with Crippen molar-refractivity contribution in [2.75, 3.05) is 6.61 Å². The average Bonchev–Trinajstić information content (AvgIpc) is 2.45. The molecule has 0 aromatic rings. The van der Waals surface area contributed by atoms with E-state index in [-0.39, 0.29) is 5.97 Å². The molecule has 0 saturated heterocycles. The zero-order valence-electron chi connectivity index (χ0n) is 14.8. The van der Waals surface area contributed by atoms with E-state index in [1.807, 2.05) is 0 Å². The van der Waals surface area contributed by atoms with Crippen molar-refractivity contribution in [1.29, 1.82) is 0 Å². The van der Waals surface area contributed by atoms with Crippen molar-refractivity contribution in [3.8, 4) is 0 Å². The summed E-state index contributed by atoms with van der Waals surface area (Å²) in [6.45, 7) is 7.37. The minimum atomic E-state index is -0.000196. The normalized spacial score (nSPS) is 11.0. The van der Waals surface area contributed by atoms with Crippen molar-refractivity contribution in [2.24, 2.45) is 5.92 Å². The topological polar surface area (TPSA) is 26.3 Å². The molecule has 0 heterocycles. The lowest BCUT2D eigenvalue weighted by Crippen LogP contribution is -2.05. The van der Waals surface area contributed by atoms with Crippen LogP contribution in [-0.4, -0.2) is 12.6 Å². The van der Waals surface area contributed by atoms with E-state index in [0.29, 0.717) is 13.0 Å². The molecule has 0 bridgehead atoms. The van der Waals surface area contributed by atoms with E-state index in [0.717, 1.165) is 25.2 Å². The number of rotatable bonds is 15. The van der Waals surface area contributed by atoms with Crippen LogP contribution in [0.1, 0.15) is 104 Å². The number of carbonyl (C=O) groups is 1. The molecule has 126 valence electrons. The highest BCUT2D eigenvalue weighted by Crippen LogP contribution is 2.13. The van der Waals surface area contributed by atoms with Crippen LogP contribution in [0.4, 0.5) is 0 Å². The number of carbonyl (C=O) groups excluding carboxylic acids is 1. The Labute approximate surface area is 133 Å². The van der Waals surface area contributed by atoms with E-state index < -0.39 is 0 Å². The Hall–Kier alpha value is -0.530. The third-order valence-corrected chi connectivity index (χ3v) is 3.92. The maximum atomic E-state index is 11.4. The molecule has 0 fully saturated rings. The predicted octanol–water partition coefficient (Wildman–Crippen LogP) is 6.28. The molecule has 0 aliphatic carbocycles. The van der Waals surface area contributed by atoms with Gasteiger partial charge in [0.2, 0.25) is 0 Å². The monoisotopic (exact) mass is 298 g/mol. The number of hydrogen-bond acceptors (Lipinski definition) is 2. The fraction of sp³-hybridized carbons (Fsp3) is 0.947. The highest BCUT2D eigenvalue weighted by atomic mass is 16.5. The van der Waals surface area contributed by atoms with Gasteiger partial charge in [-0.05, 0) is 18.8 Å². The molecule has 2 nitrogen and oxygen atoms in total. The van der Waals surface area contributed by atoms with Crippen LogP contribution in [0.15, 0.2) is 0 Å². The quantitative estimate of drug-likeness (QED) is 0.263. The standard InChI is InChI=1S/C19H38O2/c1-4-5-14-17-21-19(20)16-13-11-9-7-6-8-10-12-15-18(2)3/h18H,4-17H2,1-3H3.